The number of hydrogen-bond donors (Lipinski definition) is 1. The zero-order valence-corrected chi connectivity index (χ0v) is 10.4. The van der Waals surface area contributed by atoms with E-state index in [0.717, 1.165) is 25.4 Å². The first-order valence-corrected chi connectivity index (χ1v) is 5.85. The van der Waals surface area contributed by atoms with Crippen LogP contribution in [-0.2, 0) is 4.74 Å². The minimum absolute atomic E-state index is 0.296. The molecule has 0 fully saturated rings. The highest BCUT2D eigenvalue weighted by atomic mass is 16.5. The van der Waals surface area contributed by atoms with Gasteiger partial charge >= 0.3 is 0 Å². The summed E-state index contributed by atoms with van der Waals surface area (Å²) in [5, 5.41) is 0. The molecule has 0 aliphatic heterocycles. The number of anilines is 2. The Hall–Kier alpha value is -1.22. The molecule has 0 heterocycles. The van der Waals surface area contributed by atoms with Crippen LogP contribution in [0.15, 0.2) is 24.3 Å². The van der Waals surface area contributed by atoms with E-state index in [1.807, 2.05) is 24.3 Å². The van der Waals surface area contributed by atoms with E-state index in [1.165, 1.54) is 5.69 Å². The van der Waals surface area contributed by atoms with Crippen molar-refractivity contribution in [2.24, 2.45) is 0 Å². The largest absolute Gasteiger partial charge is 0.399 e. The summed E-state index contributed by atoms with van der Waals surface area (Å²) in [6.45, 7) is 8.91. The maximum atomic E-state index is 5.66. The van der Waals surface area contributed by atoms with Crippen molar-refractivity contribution in [2.45, 2.75) is 26.9 Å². The number of ether oxygens (including phenoxy) is 1. The van der Waals surface area contributed by atoms with Crippen LogP contribution < -0.4 is 10.6 Å². The molecule has 0 aliphatic rings. The molecular formula is C13H22N2O. The first-order valence-electron chi connectivity index (χ1n) is 5.85. The number of likely N-dealkylation sites (N-methyl/N-ethyl adjacent to an activating group) is 1. The van der Waals surface area contributed by atoms with Gasteiger partial charge < -0.3 is 15.4 Å². The summed E-state index contributed by atoms with van der Waals surface area (Å²) >= 11 is 0. The van der Waals surface area contributed by atoms with Gasteiger partial charge in [-0.2, -0.15) is 0 Å². The van der Waals surface area contributed by atoms with E-state index >= 15 is 0 Å². The van der Waals surface area contributed by atoms with E-state index in [4.69, 9.17) is 10.5 Å². The average Bonchev–Trinajstić information content (AvgIpc) is 2.26. The van der Waals surface area contributed by atoms with E-state index in [0.29, 0.717) is 6.10 Å². The van der Waals surface area contributed by atoms with Crippen LogP contribution in [0.3, 0.4) is 0 Å². The Kier molecular flexibility index (Phi) is 5.12. The lowest BCUT2D eigenvalue weighted by Gasteiger charge is -2.23. The fraction of sp³-hybridized carbons (Fsp3) is 0.538. The van der Waals surface area contributed by atoms with Crippen LogP contribution in [0.1, 0.15) is 20.8 Å². The predicted octanol–water partition coefficient (Wildman–Crippen LogP) is 2.52. The third-order valence-corrected chi connectivity index (χ3v) is 2.45. The maximum absolute atomic E-state index is 5.66. The van der Waals surface area contributed by atoms with Gasteiger partial charge in [-0.25, -0.2) is 0 Å². The Bertz CT molecular complexity index is 295. The molecule has 0 atom stereocenters. The van der Waals surface area contributed by atoms with Crippen LogP contribution in [-0.4, -0.2) is 25.8 Å². The molecule has 90 valence electrons. The SMILES string of the molecule is CCN(CCOC(C)C)c1ccc(N)cc1. The highest BCUT2D eigenvalue weighted by Crippen LogP contribution is 2.15. The second-order valence-electron chi connectivity index (χ2n) is 4.09. The quantitative estimate of drug-likeness (QED) is 0.752. The summed E-state index contributed by atoms with van der Waals surface area (Å²) < 4.78 is 5.55. The Morgan fingerprint density at radius 1 is 1.25 bits per heavy atom. The van der Waals surface area contributed by atoms with E-state index in [1.54, 1.807) is 0 Å². The van der Waals surface area contributed by atoms with Gasteiger partial charge in [-0.1, -0.05) is 0 Å². The van der Waals surface area contributed by atoms with Crippen LogP contribution in [0, 0.1) is 0 Å². The molecule has 0 amide bonds. The molecule has 16 heavy (non-hydrogen) atoms. The van der Waals surface area contributed by atoms with E-state index in [9.17, 15) is 0 Å². The normalized spacial score (nSPS) is 10.8. The van der Waals surface area contributed by atoms with E-state index < -0.39 is 0 Å². The fourth-order valence-electron chi connectivity index (χ4n) is 1.55. The number of benzene rings is 1. The predicted molar refractivity (Wildman–Crippen MR) is 69.8 cm³/mol. The van der Waals surface area contributed by atoms with Crippen molar-refractivity contribution in [3.05, 3.63) is 24.3 Å². The van der Waals surface area contributed by atoms with Gasteiger partial charge in [0.25, 0.3) is 0 Å². The number of rotatable bonds is 6. The minimum Gasteiger partial charge on any atom is -0.399 e. The van der Waals surface area contributed by atoms with Gasteiger partial charge in [0.15, 0.2) is 0 Å². The van der Waals surface area contributed by atoms with Crippen molar-refractivity contribution in [3.8, 4) is 0 Å². The number of hydrogen-bond acceptors (Lipinski definition) is 3. The second-order valence-corrected chi connectivity index (χ2v) is 4.09. The molecule has 0 bridgehead atoms. The third kappa shape index (κ3) is 4.11. The van der Waals surface area contributed by atoms with Gasteiger partial charge in [-0.3, -0.25) is 0 Å². The molecular weight excluding hydrogens is 200 g/mol. The van der Waals surface area contributed by atoms with Crippen LogP contribution in [0.5, 0.6) is 0 Å². The topological polar surface area (TPSA) is 38.5 Å². The second kappa shape index (κ2) is 6.38. The summed E-state index contributed by atoms with van der Waals surface area (Å²) in [5.74, 6) is 0. The molecule has 2 N–H and O–H groups in total. The van der Waals surface area contributed by atoms with Gasteiger partial charge in [-0.15, -0.1) is 0 Å². The van der Waals surface area contributed by atoms with Crippen LogP contribution >= 0.6 is 0 Å². The van der Waals surface area contributed by atoms with Crippen molar-refractivity contribution in [2.75, 3.05) is 30.3 Å². The minimum atomic E-state index is 0.296. The first-order chi connectivity index (χ1) is 7.63. The molecule has 0 unspecified atom stereocenters. The van der Waals surface area contributed by atoms with Crippen molar-refractivity contribution in [1.82, 2.24) is 0 Å². The highest BCUT2D eigenvalue weighted by Gasteiger charge is 2.04. The molecule has 1 aromatic rings. The molecule has 0 saturated carbocycles. The zero-order valence-electron chi connectivity index (χ0n) is 10.4. The number of nitrogens with zero attached hydrogens (tertiary/aromatic N) is 1. The lowest BCUT2D eigenvalue weighted by Crippen LogP contribution is -2.27. The van der Waals surface area contributed by atoms with Crippen LogP contribution in [0.2, 0.25) is 0 Å². The van der Waals surface area contributed by atoms with Crippen molar-refractivity contribution < 1.29 is 4.74 Å². The van der Waals surface area contributed by atoms with Crippen molar-refractivity contribution in [1.29, 1.82) is 0 Å². The zero-order chi connectivity index (χ0) is 12.0. The smallest absolute Gasteiger partial charge is 0.0645 e. The number of nitrogen functional groups attached to an aromatic ring is 1. The third-order valence-electron chi connectivity index (χ3n) is 2.45. The van der Waals surface area contributed by atoms with Crippen molar-refractivity contribution >= 4 is 11.4 Å². The highest BCUT2D eigenvalue weighted by molar-refractivity contribution is 5.52. The van der Waals surface area contributed by atoms with Crippen LogP contribution in [0.4, 0.5) is 11.4 Å². The monoisotopic (exact) mass is 222 g/mol. The lowest BCUT2D eigenvalue weighted by atomic mass is 10.2. The Morgan fingerprint density at radius 3 is 2.38 bits per heavy atom. The standard InChI is InChI=1S/C13H22N2O/c1-4-15(9-10-16-11(2)3)13-7-5-12(14)6-8-13/h5-8,11H,4,9-10,14H2,1-3H3. The summed E-state index contributed by atoms with van der Waals surface area (Å²) in [5.41, 5.74) is 7.67. The summed E-state index contributed by atoms with van der Waals surface area (Å²) in [6.07, 6.45) is 0.296. The van der Waals surface area contributed by atoms with Gasteiger partial charge in [0.05, 0.1) is 12.7 Å². The summed E-state index contributed by atoms with van der Waals surface area (Å²) in [7, 11) is 0. The van der Waals surface area contributed by atoms with Crippen LogP contribution in [0.25, 0.3) is 0 Å². The van der Waals surface area contributed by atoms with Gasteiger partial charge in [-0.05, 0) is 45.0 Å². The van der Waals surface area contributed by atoms with Crippen molar-refractivity contribution in [3.63, 3.8) is 0 Å². The van der Waals surface area contributed by atoms with E-state index in [2.05, 4.69) is 25.7 Å². The van der Waals surface area contributed by atoms with E-state index in [-0.39, 0.29) is 0 Å². The Morgan fingerprint density at radius 2 is 1.88 bits per heavy atom. The fourth-order valence-corrected chi connectivity index (χ4v) is 1.55. The summed E-state index contributed by atoms with van der Waals surface area (Å²) in [4.78, 5) is 2.28. The first kappa shape index (κ1) is 12.8. The molecule has 0 aromatic heterocycles. The molecule has 0 aliphatic carbocycles. The van der Waals surface area contributed by atoms with Gasteiger partial charge in [0, 0.05) is 24.5 Å². The number of nitrogens with two attached hydrogens (primary N) is 1. The Balaban J connectivity index is 2.50. The molecule has 3 nitrogen and oxygen atoms in total. The lowest BCUT2D eigenvalue weighted by molar-refractivity contribution is 0.0842. The maximum Gasteiger partial charge on any atom is 0.0645 e. The van der Waals surface area contributed by atoms with Gasteiger partial charge in [0.2, 0.25) is 0 Å². The molecule has 0 saturated heterocycles. The molecule has 1 rings (SSSR count). The van der Waals surface area contributed by atoms with Gasteiger partial charge in [0.1, 0.15) is 0 Å². The summed E-state index contributed by atoms with van der Waals surface area (Å²) in [6, 6.07) is 7.96. The average molecular weight is 222 g/mol. The molecule has 0 spiro atoms. The molecule has 3 heteroatoms. The molecule has 1 aromatic carbocycles. The Labute approximate surface area is 98.2 Å². The molecule has 0 radical (unpaired) electrons.